The number of hydrogen-bond acceptors (Lipinski definition) is 3. The van der Waals surface area contributed by atoms with Crippen molar-refractivity contribution < 1.29 is 14.0 Å². The van der Waals surface area contributed by atoms with E-state index in [4.69, 9.17) is 0 Å². The van der Waals surface area contributed by atoms with E-state index in [2.05, 4.69) is 5.10 Å². The van der Waals surface area contributed by atoms with Crippen LogP contribution in [0.2, 0.25) is 0 Å². The molecule has 3 heterocycles. The largest absolute Gasteiger partial charge is 0.339 e. The third-order valence-electron chi connectivity index (χ3n) is 7.97. The summed E-state index contributed by atoms with van der Waals surface area (Å²) >= 11 is 0. The fraction of sp³-hybridized carbons (Fsp3) is 0.393. The standard InChI is InChI=1S/C28H29FN4O2/c1-31-15-22(14-30-31)20-11-12-21(24(29)13-20)16-33-25-10-6-5-9-23(25)28(27(33)35)17-32(18-28)26(34)19-7-3-2-4-8-19/h5-6,9-15,19H,2-4,7-8,16-18H2,1H3. The molecule has 1 saturated heterocycles. The number of aryl methyl sites for hydroxylation is 1. The maximum absolute atomic E-state index is 15.1. The number of likely N-dealkylation sites (tertiary alicyclic amines) is 1. The Labute approximate surface area is 204 Å². The van der Waals surface area contributed by atoms with Crippen molar-refractivity contribution in [1.29, 1.82) is 0 Å². The quantitative estimate of drug-likeness (QED) is 0.564. The molecule has 2 aromatic carbocycles. The molecule has 180 valence electrons. The predicted octanol–water partition coefficient (Wildman–Crippen LogP) is 4.43. The first kappa shape index (κ1) is 22.0. The highest BCUT2D eigenvalue weighted by molar-refractivity contribution is 6.10. The Bertz CT molecular complexity index is 1300. The Morgan fingerprint density at radius 3 is 2.57 bits per heavy atom. The second kappa shape index (κ2) is 8.33. The molecule has 3 aromatic rings. The number of rotatable bonds is 4. The highest BCUT2D eigenvalue weighted by Gasteiger charge is 2.59. The normalized spacial score (nSPS) is 19.2. The van der Waals surface area contributed by atoms with Crippen molar-refractivity contribution in [3.05, 3.63) is 71.8 Å². The molecule has 0 bridgehead atoms. The van der Waals surface area contributed by atoms with Crippen molar-refractivity contribution >= 4 is 17.5 Å². The van der Waals surface area contributed by atoms with Crippen LogP contribution in [0.4, 0.5) is 10.1 Å². The van der Waals surface area contributed by atoms with E-state index < -0.39 is 5.41 Å². The van der Waals surface area contributed by atoms with Gasteiger partial charge in [-0.3, -0.25) is 14.3 Å². The lowest BCUT2D eigenvalue weighted by Crippen LogP contribution is -2.66. The molecule has 35 heavy (non-hydrogen) atoms. The molecule has 0 atom stereocenters. The van der Waals surface area contributed by atoms with E-state index in [9.17, 15) is 9.59 Å². The molecule has 1 saturated carbocycles. The summed E-state index contributed by atoms with van der Waals surface area (Å²) in [5.41, 5.74) is 3.11. The van der Waals surface area contributed by atoms with Gasteiger partial charge in [-0.05, 0) is 36.1 Å². The van der Waals surface area contributed by atoms with Gasteiger partial charge in [-0.2, -0.15) is 5.10 Å². The monoisotopic (exact) mass is 472 g/mol. The van der Waals surface area contributed by atoms with Crippen LogP contribution in [0.15, 0.2) is 54.9 Å². The zero-order chi connectivity index (χ0) is 24.2. The molecule has 6 rings (SSSR count). The minimum Gasteiger partial charge on any atom is -0.339 e. The summed E-state index contributed by atoms with van der Waals surface area (Å²) in [5, 5.41) is 4.16. The Kier molecular flexibility index (Phi) is 5.24. The van der Waals surface area contributed by atoms with Crippen LogP contribution < -0.4 is 4.90 Å². The second-order valence-electron chi connectivity index (χ2n) is 10.2. The van der Waals surface area contributed by atoms with Gasteiger partial charge in [0.25, 0.3) is 0 Å². The Hall–Kier alpha value is -3.48. The van der Waals surface area contributed by atoms with Crippen molar-refractivity contribution in [2.75, 3.05) is 18.0 Å². The average molecular weight is 473 g/mol. The number of carbonyl (C=O) groups is 2. The molecule has 2 amide bonds. The summed E-state index contributed by atoms with van der Waals surface area (Å²) in [5.74, 6) is -0.102. The summed E-state index contributed by atoms with van der Waals surface area (Å²) in [7, 11) is 1.82. The Morgan fingerprint density at radius 2 is 1.86 bits per heavy atom. The third-order valence-corrected chi connectivity index (χ3v) is 7.97. The zero-order valence-electron chi connectivity index (χ0n) is 19.9. The van der Waals surface area contributed by atoms with Crippen LogP contribution >= 0.6 is 0 Å². The molecule has 0 N–H and O–H groups in total. The number of anilines is 1. The fourth-order valence-corrected chi connectivity index (χ4v) is 6.02. The van der Waals surface area contributed by atoms with Crippen molar-refractivity contribution in [2.45, 2.75) is 44.1 Å². The first-order chi connectivity index (χ1) is 17.0. The molecule has 6 nitrogen and oxygen atoms in total. The summed E-state index contributed by atoms with van der Waals surface area (Å²) in [6.45, 7) is 0.988. The molecular weight excluding hydrogens is 443 g/mol. The molecule has 1 aromatic heterocycles. The van der Waals surface area contributed by atoms with E-state index in [1.54, 1.807) is 21.8 Å². The number of carbonyl (C=O) groups excluding carboxylic acids is 2. The van der Waals surface area contributed by atoms with E-state index in [0.29, 0.717) is 18.7 Å². The van der Waals surface area contributed by atoms with Gasteiger partial charge in [-0.1, -0.05) is 49.6 Å². The molecule has 0 unspecified atom stereocenters. The molecule has 2 aliphatic heterocycles. The summed E-state index contributed by atoms with van der Waals surface area (Å²) < 4.78 is 16.8. The van der Waals surface area contributed by atoms with Gasteiger partial charge in [-0.25, -0.2) is 4.39 Å². The second-order valence-corrected chi connectivity index (χ2v) is 10.2. The van der Waals surface area contributed by atoms with E-state index in [1.165, 1.54) is 12.5 Å². The topological polar surface area (TPSA) is 58.4 Å². The third kappa shape index (κ3) is 3.56. The van der Waals surface area contributed by atoms with Gasteiger partial charge in [0.05, 0.1) is 12.7 Å². The molecule has 7 heteroatoms. The molecule has 3 aliphatic rings. The first-order valence-corrected chi connectivity index (χ1v) is 12.4. The maximum atomic E-state index is 15.1. The lowest BCUT2D eigenvalue weighted by Gasteiger charge is -2.48. The minimum absolute atomic E-state index is 0.0397. The van der Waals surface area contributed by atoms with Gasteiger partial charge >= 0.3 is 0 Å². The first-order valence-electron chi connectivity index (χ1n) is 12.4. The number of aromatic nitrogens is 2. The van der Waals surface area contributed by atoms with Gasteiger partial charge in [0.2, 0.25) is 11.8 Å². The summed E-state index contributed by atoms with van der Waals surface area (Å²) in [4.78, 5) is 30.4. The van der Waals surface area contributed by atoms with E-state index in [0.717, 1.165) is 48.1 Å². The van der Waals surface area contributed by atoms with Gasteiger partial charge < -0.3 is 9.80 Å². The average Bonchev–Trinajstić information content (AvgIpc) is 3.39. The maximum Gasteiger partial charge on any atom is 0.241 e. The number of benzene rings is 2. The van der Waals surface area contributed by atoms with Gasteiger partial charge in [0.15, 0.2) is 0 Å². The molecular formula is C28H29FN4O2. The van der Waals surface area contributed by atoms with Crippen molar-refractivity contribution in [2.24, 2.45) is 13.0 Å². The number of para-hydroxylation sites is 1. The number of nitrogens with zero attached hydrogens (tertiary/aromatic N) is 4. The van der Waals surface area contributed by atoms with Gasteiger partial charge in [-0.15, -0.1) is 0 Å². The lowest BCUT2D eigenvalue weighted by atomic mass is 9.73. The SMILES string of the molecule is Cn1cc(-c2ccc(CN3C(=O)C4(CN(C(=O)C5CCCCC5)C4)c4ccccc43)c(F)c2)cn1. The number of amides is 2. The van der Waals surface area contributed by atoms with Crippen LogP contribution in [0.25, 0.3) is 11.1 Å². The van der Waals surface area contributed by atoms with Crippen molar-refractivity contribution in [3.63, 3.8) is 0 Å². The molecule has 2 fully saturated rings. The predicted molar refractivity (Wildman–Crippen MR) is 131 cm³/mol. The number of halogens is 1. The van der Waals surface area contributed by atoms with Crippen LogP contribution in [0.5, 0.6) is 0 Å². The molecule has 0 radical (unpaired) electrons. The minimum atomic E-state index is -0.715. The van der Waals surface area contributed by atoms with Crippen molar-refractivity contribution in [1.82, 2.24) is 14.7 Å². The van der Waals surface area contributed by atoms with Crippen LogP contribution in [-0.2, 0) is 28.6 Å². The van der Waals surface area contributed by atoms with Gasteiger partial charge in [0.1, 0.15) is 11.2 Å². The lowest BCUT2D eigenvalue weighted by molar-refractivity contribution is -0.148. The Balaban J connectivity index is 1.24. The fourth-order valence-electron chi connectivity index (χ4n) is 6.02. The van der Waals surface area contributed by atoms with Crippen LogP contribution in [0.1, 0.15) is 43.2 Å². The summed E-state index contributed by atoms with van der Waals surface area (Å²) in [6.07, 6.45) is 8.87. The zero-order valence-corrected chi connectivity index (χ0v) is 19.9. The molecule has 1 spiro atoms. The van der Waals surface area contributed by atoms with Crippen LogP contribution in [0.3, 0.4) is 0 Å². The Morgan fingerprint density at radius 1 is 1.09 bits per heavy atom. The van der Waals surface area contributed by atoms with Crippen LogP contribution in [0, 0.1) is 11.7 Å². The highest BCUT2D eigenvalue weighted by atomic mass is 19.1. The number of hydrogen-bond donors (Lipinski definition) is 0. The smallest absolute Gasteiger partial charge is 0.241 e. The van der Waals surface area contributed by atoms with Crippen molar-refractivity contribution in [3.8, 4) is 11.1 Å². The van der Waals surface area contributed by atoms with E-state index in [-0.39, 0.29) is 30.1 Å². The summed E-state index contributed by atoms with van der Waals surface area (Å²) in [6, 6.07) is 12.9. The highest BCUT2D eigenvalue weighted by Crippen LogP contribution is 2.48. The van der Waals surface area contributed by atoms with E-state index >= 15 is 4.39 Å². The van der Waals surface area contributed by atoms with Gasteiger partial charge in [0, 0.05) is 49.1 Å². The number of fused-ring (bicyclic) bond motifs is 2. The molecule has 1 aliphatic carbocycles. The van der Waals surface area contributed by atoms with Crippen LogP contribution in [-0.4, -0.2) is 39.6 Å². The van der Waals surface area contributed by atoms with E-state index in [1.807, 2.05) is 48.5 Å².